The molecule has 1 amide bonds. The maximum atomic E-state index is 11.3. The van der Waals surface area contributed by atoms with E-state index in [1.165, 1.54) is 0 Å². The first-order valence-corrected chi connectivity index (χ1v) is 5.09. The molecule has 82 valence electrons. The van der Waals surface area contributed by atoms with Gasteiger partial charge in [0.1, 0.15) is 0 Å². The van der Waals surface area contributed by atoms with Crippen molar-refractivity contribution in [2.75, 3.05) is 6.54 Å². The van der Waals surface area contributed by atoms with Gasteiger partial charge in [0.05, 0.1) is 5.60 Å². The molecule has 0 bridgehead atoms. The van der Waals surface area contributed by atoms with Crippen LogP contribution in [0.25, 0.3) is 0 Å². The number of rotatable bonds is 4. The Morgan fingerprint density at radius 1 is 1.57 bits per heavy atom. The highest BCUT2D eigenvalue weighted by atomic mass is 16.3. The molecule has 0 saturated heterocycles. The summed E-state index contributed by atoms with van der Waals surface area (Å²) in [6.07, 6.45) is 2.93. The van der Waals surface area contributed by atoms with Crippen molar-refractivity contribution < 1.29 is 9.90 Å². The van der Waals surface area contributed by atoms with E-state index in [1.54, 1.807) is 0 Å². The second kappa shape index (κ2) is 3.87. The lowest BCUT2D eigenvalue weighted by atomic mass is 9.80. The van der Waals surface area contributed by atoms with E-state index in [0.29, 0.717) is 13.0 Å². The van der Waals surface area contributed by atoms with Crippen LogP contribution in [-0.2, 0) is 4.79 Å². The normalized spacial score (nSPS) is 20.0. The first-order chi connectivity index (χ1) is 6.31. The number of hydrogen-bond acceptors (Lipinski definition) is 3. The van der Waals surface area contributed by atoms with Gasteiger partial charge in [-0.1, -0.05) is 0 Å². The second-order valence-corrected chi connectivity index (χ2v) is 5.02. The Kier molecular flexibility index (Phi) is 3.17. The number of aliphatic hydroxyl groups is 1. The number of nitrogens with one attached hydrogen (secondary N) is 1. The summed E-state index contributed by atoms with van der Waals surface area (Å²) in [4.78, 5) is 11.3. The highest BCUT2D eigenvalue weighted by molar-refractivity contribution is 5.77. The van der Waals surface area contributed by atoms with Crippen molar-refractivity contribution in [2.45, 2.75) is 50.7 Å². The summed E-state index contributed by atoms with van der Waals surface area (Å²) in [7, 11) is 0. The number of nitrogens with two attached hydrogens (primary N) is 1. The van der Waals surface area contributed by atoms with Crippen molar-refractivity contribution in [3.05, 3.63) is 0 Å². The van der Waals surface area contributed by atoms with Gasteiger partial charge in [-0.05, 0) is 33.1 Å². The molecular weight excluding hydrogens is 180 g/mol. The molecule has 0 atom stereocenters. The van der Waals surface area contributed by atoms with Gasteiger partial charge in [0, 0.05) is 18.5 Å². The zero-order valence-electron chi connectivity index (χ0n) is 8.97. The highest BCUT2D eigenvalue weighted by Gasteiger charge is 2.34. The van der Waals surface area contributed by atoms with Crippen LogP contribution >= 0.6 is 0 Å². The van der Waals surface area contributed by atoms with Crippen LogP contribution in [0, 0.1) is 0 Å². The Balaban J connectivity index is 2.21. The summed E-state index contributed by atoms with van der Waals surface area (Å²) in [5.41, 5.74) is 4.57. The summed E-state index contributed by atoms with van der Waals surface area (Å²) in [5, 5.41) is 12.4. The Bertz CT molecular complexity index is 217. The molecule has 1 rings (SSSR count). The maximum absolute atomic E-state index is 11.3. The smallest absolute Gasteiger partial charge is 0.221 e. The van der Waals surface area contributed by atoms with E-state index in [0.717, 1.165) is 19.3 Å². The van der Waals surface area contributed by atoms with Crippen molar-refractivity contribution >= 4 is 5.91 Å². The quantitative estimate of drug-likeness (QED) is 0.604. The summed E-state index contributed by atoms with van der Waals surface area (Å²) in [5.74, 6) is -0.0853. The fourth-order valence-corrected chi connectivity index (χ4v) is 1.50. The lowest BCUT2D eigenvalue weighted by Crippen LogP contribution is -2.49. The van der Waals surface area contributed by atoms with Gasteiger partial charge in [0.2, 0.25) is 5.91 Å². The van der Waals surface area contributed by atoms with Crippen LogP contribution in [0.3, 0.4) is 0 Å². The number of hydrogen-bond donors (Lipinski definition) is 3. The summed E-state index contributed by atoms with van der Waals surface area (Å²) in [6.45, 7) is 3.98. The van der Waals surface area contributed by atoms with E-state index >= 15 is 0 Å². The van der Waals surface area contributed by atoms with Gasteiger partial charge in [-0.2, -0.15) is 0 Å². The average molecular weight is 200 g/mol. The van der Waals surface area contributed by atoms with E-state index in [-0.39, 0.29) is 5.91 Å². The lowest BCUT2D eigenvalue weighted by Gasteiger charge is -2.36. The SMILES string of the molecule is CC(C)(N)CC(=O)NCC1(O)CCC1. The molecule has 4 N–H and O–H groups in total. The Morgan fingerprint density at radius 3 is 2.50 bits per heavy atom. The van der Waals surface area contributed by atoms with Gasteiger partial charge in [0.25, 0.3) is 0 Å². The van der Waals surface area contributed by atoms with E-state index in [4.69, 9.17) is 5.73 Å². The van der Waals surface area contributed by atoms with Gasteiger partial charge >= 0.3 is 0 Å². The van der Waals surface area contributed by atoms with Gasteiger partial charge < -0.3 is 16.2 Å². The molecule has 0 aliphatic heterocycles. The topological polar surface area (TPSA) is 75.4 Å². The predicted octanol–water partition coefficient (Wildman–Crippen LogP) is 0.145. The molecule has 0 unspecified atom stereocenters. The first kappa shape index (κ1) is 11.5. The number of amides is 1. The average Bonchev–Trinajstić information content (AvgIpc) is 1.94. The minimum absolute atomic E-state index is 0.0853. The molecule has 1 aliphatic carbocycles. The minimum atomic E-state index is -0.644. The molecule has 1 saturated carbocycles. The summed E-state index contributed by atoms with van der Waals surface area (Å²) >= 11 is 0. The third-order valence-corrected chi connectivity index (χ3v) is 2.52. The van der Waals surface area contributed by atoms with Crippen molar-refractivity contribution in [3.63, 3.8) is 0 Å². The molecule has 4 nitrogen and oxygen atoms in total. The molecule has 1 fully saturated rings. The molecular formula is C10H20N2O2. The second-order valence-electron chi connectivity index (χ2n) is 5.02. The predicted molar refractivity (Wildman–Crippen MR) is 54.7 cm³/mol. The van der Waals surface area contributed by atoms with Crippen LogP contribution in [0.2, 0.25) is 0 Å². The summed E-state index contributed by atoms with van der Waals surface area (Å²) in [6, 6.07) is 0. The monoisotopic (exact) mass is 200 g/mol. The van der Waals surface area contributed by atoms with Crippen LogP contribution in [0.15, 0.2) is 0 Å². The largest absolute Gasteiger partial charge is 0.388 e. The fraction of sp³-hybridized carbons (Fsp3) is 0.900. The standard InChI is InChI=1S/C10H20N2O2/c1-9(2,11)6-8(13)12-7-10(14)4-3-5-10/h14H,3-7,11H2,1-2H3,(H,12,13). The van der Waals surface area contributed by atoms with Crippen LogP contribution in [0.5, 0.6) is 0 Å². The lowest BCUT2D eigenvalue weighted by molar-refractivity contribution is -0.124. The van der Waals surface area contributed by atoms with Gasteiger partial charge in [-0.25, -0.2) is 0 Å². The number of carbonyl (C=O) groups excluding carboxylic acids is 1. The first-order valence-electron chi connectivity index (χ1n) is 5.09. The minimum Gasteiger partial charge on any atom is -0.388 e. The van der Waals surface area contributed by atoms with Crippen molar-refractivity contribution in [2.24, 2.45) is 5.73 Å². The molecule has 0 aromatic heterocycles. The molecule has 4 heteroatoms. The van der Waals surface area contributed by atoms with Crippen molar-refractivity contribution in [1.29, 1.82) is 0 Å². The van der Waals surface area contributed by atoms with Crippen LogP contribution in [0.1, 0.15) is 39.5 Å². The van der Waals surface area contributed by atoms with Gasteiger partial charge in [-0.15, -0.1) is 0 Å². The zero-order valence-corrected chi connectivity index (χ0v) is 8.97. The van der Waals surface area contributed by atoms with Crippen LogP contribution in [-0.4, -0.2) is 28.7 Å². The van der Waals surface area contributed by atoms with Crippen LogP contribution < -0.4 is 11.1 Å². The third kappa shape index (κ3) is 3.64. The van der Waals surface area contributed by atoms with Gasteiger partial charge in [-0.3, -0.25) is 4.79 Å². The molecule has 0 aromatic carbocycles. The van der Waals surface area contributed by atoms with Crippen LogP contribution in [0.4, 0.5) is 0 Å². The van der Waals surface area contributed by atoms with E-state index in [2.05, 4.69) is 5.32 Å². The highest BCUT2D eigenvalue weighted by Crippen LogP contribution is 2.30. The maximum Gasteiger partial charge on any atom is 0.221 e. The summed E-state index contributed by atoms with van der Waals surface area (Å²) < 4.78 is 0. The molecule has 0 radical (unpaired) electrons. The molecule has 1 aliphatic rings. The van der Waals surface area contributed by atoms with E-state index < -0.39 is 11.1 Å². The van der Waals surface area contributed by atoms with Crippen molar-refractivity contribution in [3.8, 4) is 0 Å². The zero-order chi connectivity index (χ0) is 10.8. The Morgan fingerprint density at radius 2 is 2.14 bits per heavy atom. The molecule has 0 spiro atoms. The third-order valence-electron chi connectivity index (χ3n) is 2.52. The molecule has 0 heterocycles. The van der Waals surface area contributed by atoms with Gasteiger partial charge in [0.15, 0.2) is 0 Å². The fourth-order valence-electron chi connectivity index (χ4n) is 1.50. The number of carbonyl (C=O) groups is 1. The molecule has 14 heavy (non-hydrogen) atoms. The van der Waals surface area contributed by atoms with E-state index in [9.17, 15) is 9.90 Å². The van der Waals surface area contributed by atoms with E-state index in [1.807, 2.05) is 13.8 Å². The Labute approximate surface area is 84.9 Å². The molecule has 0 aromatic rings. The van der Waals surface area contributed by atoms with Crippen molar-refractivity contribution in [1.82, 2.24) is 5.32 Å². The Hall–Kier alpha value is -0.610.